The van der Waals surface area contributed by atoms with Crippen LogP contribution in [-0.2, 0) is 0 Å². The van der Waals surface area contributed by atoms with Gasteiger partial charge in [0.2, 0.25) is 0 Å². The van der Waals surface area contributed by atoms with Gasteiger partial charge in [-0.25, -0.2) is 4.39 Å². The second-order valence-corrected chi connectivity index (χ2v) is 4.11. The van der Waals surface area contributed by atoms with Crippen LogP contribution in [0.1, 0.15) is 33.1 Å². The molecule has 0 aliphatic rings. The molecule has 1 rings (SSSR count). The summed E-state index contributed by atoms with van der Waals surface area (Å²) in [6.45, 7) is 4.05. The number of nitrogens with one attached hydrogen (secondary N) is 1. The van der Waals surface area contributed by atoms with Crippen molar-refractivity contribution in [1.82, 2.24) is 0 Å². The van der Waals surface area contributed by atoms with E-state index in [9.17, 15) is 14.5 Å². The van der Waals surface area contributed by atoms with Crippen LogP contribution in [0.5, 0.6) is 0 Å². The van der Waals surface area contributed by atoms with Crippen LogP contribution in [0, 0.1) is 15.9 Å². The number of nitrogens with zero attached hydrogens (tertiary/aromatic N) is 1. The number of nitro groups is 1. The van der Waals surface area contributed by atoms with E-state index in [1.165, 1.54) is 12.1 Å². The first-order chi connectivity index (χ1) is 8.04. The van der Waals surface area contributed by atoms with E-state index >= 15 is 0 Å². The van der Waals surface area contributed by atoms with Gasteiger partial charge in [0.1, 0.15) is 11.5 Å². The summed E-state index contributed by atoms with van der Waals surface area (Å²) in [6, 6.07) is 3.71. The van der Waals surface area contributed by atoms with E-state index in [4.69, 9.17) is 0 Å². The van der Waals surface area contributed by atoms with Crippen LogP contribution < -0.4 is 5.32 Å². The summed E-state index contributed by atoms with van der Waals surface area (Å²) in [5.74, 6) is -0.594. The van der Waals surface area contributed by atoms with E-state index in [2.05, 4.69) is 12.2 Å². The lowest BCUT2D eigenvalue weighted by Crippen LogP contribution is -2.15. The molecule has 0 saturated heterocycles. The lowest BCUT2D eigenvalue weighted by Gasteiger charge is -2.14. The fraction of sp³-hybridized carbons (Fsp3) is 0.500. The average Bonchev–Trinajstić information content (AvgIpc) is 2.28. The van der Waals surface area contributed by atoms with Crippen LogP contribution in [0.25, 0.3) is 0 Å². The van der Waals surface area contributed by atoms with E-state index in [-0.39, 0.29) is 11.7 Å². The SMILES string of the molecule is CCCCC(C)Nc1ccc(F)cc1[N+](=O)[O-]. The fourth-order valence-electron chi connectivity index (χ4n) is 1.63. The molecule has 17 heavy (non-hydrogen) atoms. The lowest BCUT2D eigenvalue weighted by molar-refractivity contribution is -0.384. The minimum absolute atomic E-state index is 0.138. The first kappa shape index (κ1) is 13.4. The van der Waals surface area contributed by atoms with Gasteiger partial charge in [-0.1, -0.05) is 19.8 Å². The van der Waals surface area contributed by atoms with Gasteiger partial charge in [-0.05, 0) is 25.5 Å². The molecule has 1 aromatic carbocycles. The van der Waals surface area contributed by atoms with Gasteiger partial charge in [-0.15, -0.1) is 0 Å². The standard InChI is InChI=1S/C12H17FN2O2/c1-3-4-5-9(2)14-11-7-6-10(13)8-12(11)15(16)17/h6-9,14H,3-5H2,1-2H3. The third-order valence-corrected chi connectivity index (χ3v) is 2.55. The Kier molecular flexibility index (Phi) is 4.87. The number of hydrogen-bond donors (Lipinski definition) is 1. The molecular formula is C12H17FN2O2. The van der Waals surface area contributed by atoms with Crippen molar-refractivity contribution >= 4 is 11.4 Å². The second kappa shape index (κ2) is 6.18. The Labute approximate surface area is 100.0 Å². The molecule has 0 fully saturated rings. The number of halogens is 1. The second-order valence-electron chi connectivity index (χ2n) is 4.11. The summed E-state index contributed by atoms with van der Waals surface area (Å²) in [5.41, 5.74) is 0.161. The van der Waals surface area contributed by atoms with Crippen LogP contribution in [0.15, 0.2) is 18.2 Å². The highest BCUT2D eigenvalue weighted by Crippen LogP contribution is 2.26. The van der Waals surface area contributed by atoms with Crippen molar-refractivity contribution < 1.29 is 9.31 Å². The minimum Gasteiger partial charge on any atom is -0.377 e. The molecule has 0 aromatic heterocycles. The van der Waals surface area contributed by atoms with Crippen molar-refractivity contribution in [2.24, 2.45) is 0 Å². The summed E-state index contributed by atoms with van der Waals surface area (Å²) < 4.78 is 12.9. The maximum Gasteiger partial charge on any atom is 0.295 e. The monoisotopic (exact) mass is 240 g/mol. The molecule has 0 bridgehead atoms. The molecule has 4 nitrogen and oxygen atoms in total. The van der Waals surface area contributed by atoms with Gasteiger partial charge in [-0.3, -0.25) is 10.1 Å². The number of benzene rings is 1. The summed E-state index contributed by atoms with van der Waals surface area (Å²) in [4.78, 5) is 10.2. The van der Waals surface area contributed by atoms with Gasteiger partial charge < -0.3 is 5.32 Å². The molecule has 5 heteroatoms. The summed E-state index contributed by atoms with van der Waals surface area (Å²) in [5, 5.41) is 13.8. The van der Waals surface area contributed by atoms with Gasteiger partial charge in [-0.2, -0.15) is 0 Å². The zero-order valence-electron chi connectivity index (χ0n) is 10.1. The van der Waals surface area contributed by atoms with Crippen LogP contribution in [-0.4, -0.2) is 11.0 Å². The van der Waals surface area contributed by atoms with Crippen LogP contribution >= 0.6 is 0 Å². The quantitative estimate of drug-likeness (QED) is 0.609. The number of rotatable bonds is 6. The zero-order valence-corrected chi connectivity index (χ0v) is 10.1. The molecule has 0 aliphatic carbocycles. The highest BCUT2D eigenvalue weighted by atomic mass is 19.1. The number of unbranched alkanes of at least 4 members (excludes halogenated alkanes) is 1. The largest absolute Gasteiger partial charge is 0.377 e. The third kappa shape index (κ3) is 4.01. The van der Waals surface area contributed by atoms with E-state index in [1.54, 1.807) is 0 Å². The van der Waals surface area contributed by atoms with Crippen LogP contribution in [0.3, 0.4) is 0 Å². The molecule has 0 saturated carbocycles. The van der Waals surface area contributed by atoms with Gasteiger partial charge >= 0.3 is 0 Å². The Hall–Kier alpha value is -1.65. The third-order valence-electron chi connectivity index (χ3n) is 2.55. The highest BCUT2D eigenvalue weighted by Gasteiger charge is 2.16. The van der Waals surface area contributed by atoms with Gasteiger partial charge in [0, 0.05) is 6.04 Å². The van der Waals surface area contributed by atoms with E-state index in [0.29, 0.717) is 5.69 Å². The summed E-state index contributed by atoms with van der Waals surface area (Å²) in [6.07, 6.45) is 3.08. The summed E-state index contributed by atoms with van der Waals surface area (Å²) >= 11 is 0. The van der Waals surface area contributed by atoms with Crippen molar-refractivity contribution in [3.63, 3.8) is 0 Å². The van der Waals surface area contributed by atoms with E-state index in [1.807, 2.05) is 6.92 Å². The predicted octanol–water partition coefficient (Wildman–Crippen LogP) is 3.72. The van der Waals surface area contributed by atoms with Crippen molar-refractivity contribution in [3.8, 4) is 0 Å². The van der Waals surface area contributed by atoms with Gasteiger partial charge in [0.05, 0.1) is 11.0 Å². The van der Waals surface area contributed by atoms with Crippen molar-refractivity contribution in [3.05, 3.63) is 34.1 Å². The first-order valence-corrected chi connectivity index (χ1v) is 5.75. The molecule has 94 valence electrons. The number of hydrogen-bond acceptors (Lipinski definition) is 3. The van der Waals surface area contributed by atoms with Crippen molar-refractivity contribution in [2.45, 2.75) is 39.2 Å². The van der Waals surface area contributed by atoms with E-state index < -0.39 is 10.7 Å². The number of anilines is 1. The van der Waals surface area contributed by atoms with Crippen LogP contribution in [0.2, 0.25) is 0 Å². The Morgan fingerprint density at radius 1 is 1.53 bits per heavy atom. The molecule has 1 N–H and O–H groups in total. The maximum absolute atomic E-state index is 12.9. The molecule has 0 heterocycles. The normalized spacial score (nSPS) is 12.2. The number of nitro benzene ring substituents is 1. The average molecular weight is 240 g/mol. The van der Waals surface area contributed by atoms with Crippen molar-refractivity contribution in [1.29, 1.82) is 0 Å². The van der Waals surface area contributed by atoms with Crippen molar-refractivity contribution in [2.75, 3.05) is 5.32 Å². The topological polar surface area (TPSA) is 55.2 Å². The molecule has 0 aliphatic heterocycles. The minimum atomic E-state index is -0.594. The lowest BCUT2D eigenvalue weighted by atomic mass is 10.1. The molecule has 0 amide bonds. The molecule has 1 aromatic rings. The Bertz CT molecular complexity index is 396. The zero-order chi connectivity index (χ0) is 12.8. The predicted molar refractivity (Wildman–Crippen MR) is 65.7 cm³/mol. The van der Waals surface area contributed by atoms with Crippen LogP contribution in [0.4, 0.5) is 15.8 Å². The smallest absolute Gasteiger partial charge is 0.295 e. The molecule has 0 radical (unpaired) electrons. The molecule has 1 atom stereocenters. The molecule has 0 spiro atoms. The molecular weight excluding hydrogens is 223 g/mol. The molecule has 1 unspecified atom stereocenters. The van der Waals surface area contributed by atoms with E-state index in [0.717, 1.165) is 25.3 Å². The Morgan fingerprint density at radius 2 is 2.24 bits per heavy atom. The van der Waals surface area contributed by atoms with Gasteiger partial charge in [0.25, 0.3) is 5.69 Å². The first-order valence-electron chi connectivity index (χ1n) is 5.75. The Morgan fingerprint density at radius 3 is 2.82 bits per heavy atom. The Balaban J connectivity index is 2.79. The summed E-state index contributed by atoms with van der Waals surface area (Å²) in [7, 11) is 0. The maximum atomic E-state index is 12.9. The fourth-order valence-corrected chi connectivity index (χ4v) is 1.63. The highest BCUT2D eigenvalue weighted by molar-refractivity contribution is 5.61. The van der Waals surface area contributed by atoms with Gasteiger partial charge in [0.15, 0.2) is 0 Å².